The molecule has 0 amide bonds. The lowest BCUT2D eigenvalue weighted by Gasteiger charge is -2.00. The molecule has 0 radical (unpaired) electrons. The van der Waals surface area contributed by atoms with E-state index in [2.05, 4.69) is 4.98 Å². The van der Waals surface area contributed by atoms with E-state index in [0.29, 0.717) is 9.26 Å². The van der Waals surface area contributed by atoms with Gasteiger partial charge in [-0.2, -0.15) is 0 Å². The van der Waals surface area contributed by atoms with Crippen LogP contribution in [0.3, 0.4) is 0 Å². The minimum Gasteiger partial charge on any atom is -0.397 e. The van der Waals surface area contributed by atoms with Gasteiger partial charge in [0.2, 0.25) is 0 Å². The number of aromatic nitrogens is 1. The Bertz CT molecular complexity index is 265. The maximum atomic E-state index is 12.0. The Labute approximate surface area is 75.9 Å². The van der Waals surface area contributed by atoms with Crippen LogP contribution in [0.4, 0.5) is 14.5 Å². The average molecular weight is 270 g/mol. The summed E-state index contributed by atoms with van der Waals surface area (Å²) in [6, 6.07) is 1.28. The lowest BCUT2D eigenvalue weighted by molar-refractivity contribution is 0.146. The predicted molar refractivity (Wildman–Crippen MR) is 46.3 cm³/mol. The summed E-state index contributed by atoms with van der Waals surface area (Å²) in [5, 5.41) is 0. The van der Waals surface area contributed by atoms with Crippen molar-refractivity contribution in [3.63, 3.8) is 0 Å². The van der Waals surface area contributed by atoms with E-state index >= 15 is 0 Å². The average Bonchev–Trinajstić information content (AvgIpc) is 1.94. The SMILES string of the molecule is Nc1cnc(C(F)F)cc1I. The van der Waals surface area contributed by atoms with Crippen molar-refractivity contribution in [2.24, 2.45) is 0 Å². The topological polar surface area (TPSA) is 38.9 Å². The first-order chi connectivity index (χ1) is 5.11. The van der Waals surface area contributed by atoms with E-state index in [1.165, 1.54) is 12.3 Å². The molecule has 2 nitrogen and oxygen atoms in total. The number of hydrogen-bond acceptors (Lipinski definition) is 2. The van der Waals surface area contributed by atoms with Crippen LogP contribution >= 0.6 is 22.6 Å². The zero-order chi connectivity index (χ0) is 8.43. The minimum absolute atomic E-state index is 0.233. The molecule has 0 saturated heterocycles. The first kappa shape index (κ1) is 8.63. The van der Waals surface area contributed by atoms with Gasteiger partial charge in [0.1, 0.15) is 5.69 Å². The maximum absolute atomic E-state index is 12.0. The first-order valence-electron chi connectivity index (χ1n) is 2.80. The van der Waals surface area contributed by atoms with E-state index in [-0.39, 0.29) is 5.69 Å². The fraction of sp³-hybridized carbons (Fsp3) is 0.167. The highest BCUT2D eigenvalue weighted by Crippen LogP contribution is 2.21. The standard InChI is InChI=1S/C6H5F2IN2/c7-6(8)5-1-3(9)4(10)2-11-5/h1-2,6H,10H2. The third kappa shape index (κ3) is 1.98. The van der Waals surface area contributed by atoms with Gasteiger partial charge in [-0.3, -0.25) is 4.98 Å². The molecule has 0 atom stereocenters. The number of nitrogens with zero attached hydrogens (tertiary/aromatic N) is 1. The van der Waals surface area contributed by atoms with Gasteiger partial charge in [0.25, 0.3) is 6.43 Å². The number of anilines is 1. The van der Waals surface area contributed by atoms with E-state index in [4.69, 9.17) is 5.73 Å². The highest BCUT2D eigenvalue weighted by molar-refractivity contribution is 14.1. The second-order valence-electron chi connectivity index (χ2n) is 1.93. The molecular weight excluding hydrogens is 265 g/mol. The molecule has 1 heterocycles. The molecule has 0 saturated carbocycles. The van der Waals surface area contributed by atoms with Gasteiger partial charge >= 0.3 is 0 Å². The van der Waals surface area contributed by atoms with Gasteiger partial charge in [-0.25, -0.2) is 8.78 Å². The van der Waals surface area contributed by atoms with Crippen molar-refractivity contribution in [2.75, 3.05) is 5.73 Å². The van der Waals surface area contributed by atoms with Gasteiger partial charge in [0, 0.05) is 3.57 Å². The van der Waals surface area contributed by atoms with Crippen molar-refractivity contribution in [3.8, 4) is 0 Å². The van der Waals surface area contributed by atoms with E-state index in [0.717, 1.165) is 0 Å². The van der Waals surface area contributed by atoms with Gasteiger partial charge < -0.3 is 5.73 Å². The molecule has 0 aliphatic heterocycles. The van der Waals surface area contributed by atoms with Crippen molar-refractivity contribution < 1.29 is 8.78 Å². The highest BCUT2D eigenvalue weighted by Gasteiger charge is 2.09. The summed E-state index contributed by atoms with van der Waals surface area (Å²) < 4.78 is 24.5. The summed E-state index contributed by atoms with van der Waals surface area (Å²) in [5.41, 5.74) is 5.57. The molecule has 1 rings (SSSR count). The number of nitrogen functional groups attached to an aromatic ring is 1. The van der Waals surface area contributed by atoms with Crippen LogP contribution in [0, 0.1) is 3.57 Å². The molecule has 2 N–H and O–H groups in total. The first-order valence-corrected chi connectivity index (χ1v) is 3.88. The van der Waals surface area contributed by atoms with Crippen molar-refractivity contribution in [1.82, 2.24) is 4.98 Å². The van der Waals surface area contributed by atoms with Crippen LogP contribution in [-0.4, -0.2) is 4.98 Å². The van der Waals surface area contributed by atoms with Gasteiger partial charge in [0.15, 0.2) is 0 Å². The van der Waals surface area contributed by atoms with Gasteiger partial charge in [-0.1, -0.05) is 0 Å². The van der Waals surface area contributed by atoms with Crippen LogP contribution in [-0.2, 0) is 0 Å². The van der Waals surface area contributed by atoms with Gasteiger partial charge in [-0.15, -0.1) is 0 Å². The third-order valence-electron chi connectivity index (χ3n) is 1.13. The van der Waals surface area contributed by atoms with Crippen molar-refractivity contribution in [3.05, 3.63) is 21.5 Å². The number of nitrogens with two attached hydrogens (primary N) is 1. The number of hydrogen-bond donors (Lipinski definition) is 1. The predicted octanol–water partition coefficient (Wildman–Crippen LogP) is 2.21. The summed E-state index contributed by atoms with van der Waals surface area (Å²) >= 11 is 1.88. The summed E-state index contributed by atoms with van der Waals surface area (Å²) in [5.74, 6) is 0. The van der Waals surface area contributed by atoms with Crippen LogP contribution in [0.5, 0.6) is 0 Å². The monoisotopic (exact) mass is 270 g/mol. The van der Waals surface area contributed by atoms with Crippen LogP contribution in [0.1, 0.15) is 12.1 Å². The molecule has 0 aliphatic carbocycles. The molecule has 0 fully saturated rings. The van der Waals surface area contributed by atoms with E-state index in [1.807, 2.05) is 22.6 Å². The number of pyridine rings is 1. The van der Waals surface area contributed by atoms with Crippen molar-refractivity contribution >= 4 is 28.3 Å². The van der Waals surface area contributed by atoms with Crippen LogP contribution in [0.25, 0.3) is 0 Å². The quantitative estimate of drug-likeness (QED) is 0.794. The van der Waals surface area contributed by atoms with Crippen molar-refractivity contribution in [1.29, 1.82) is 0 Å². The molecule has 0 bridgehead atoms. The molecule has 0 aromatic carbocycles. The van der Waals surface area contributed by atoms with E-state index in [1.54, 1.807) is 0 Å². The molecule has 0 spiro atoms. The highest BCUT2D eigenvalue weighted by atomic mass is 127. The fourth-order valence-corrected chi connectivity index (χ4v) is 1.03. The normalized spacial score (nSPS) is 10.5. The van der Waals surface area contributed by atoms with Crippen LogP contribution < -0.4 is 5.73 Å². The number of halogens is 3. The van der Waals surface area contributed by atoms with E-state index < -0.39 is 6.43 Å². The Morgan fingerprint density at radius 3 is 2.64 bits per heavy atom. The van der Waals surface area contributed by atoms with Crippen LogP contribution in [0.2, 0.25) is 0 Å². The smallest absolute Gasteiger partial charge is 0.280 e. The Hall–Kier alpha value is -0.460. The molecule has 1 aromatic rings. The summed E-state index contributed by atoms with van der Waals surface area (Å²) in [7, 11) is 0. The zero-order valence-corrected chi connectivity index (χ0v) is 7.55. The Morgan fingerprint density at radius 2 is 2.18 bits per heavy atom. The summed E-state index contributed by atoms with van der Waals surface area (Å²) in [6.45, 7) is 0. The molecule has 0 unspecified atom stereocenters. The fourth-order valence-electron chi connectivity index (χ4n) is 0.576. The minimum atomic E-state index is -2.52. The second kappa shape index (κ2) is 3.29. The van der Waals surface area contributed by atoms with Gasteiger partial charge in [-0.05, 0) is 28.7 Å². The second-order valence-corrected chi connectivity index (χ2v) is 3.09. The Morgan fingerprint density at radius 1 is 1.55 bits per heavy atom. The zero-order valence-electron chi connectivity index (χ0n) is 5.39. The molecule has 11 heavy (non-hydrogen) atoms. The molecule has 0 aliphatic rings. The summed E-state index contributed by atoms with van der Waals surface area (Å²) in [4.78, 5) is 3.46. The molecule has 5 heteroatoms. The number of rotatable bonds is 1. The van der Waals surface area contributed by atoms with E-state index in [9.17, 15) is 8.78 Å². The molecule has 60 valence electrons. The lowest BCUT2D eigenvalue weighted by atomic mass is 10.3. The van der Waals surface area contributed by atoms with Crippen molar-refractivity contribution in [2.45, 2.75) is 6.43 Å². The van der Waals surface area contributed by atoms with Gasteiger partial charge in [0.05, 0.1) is 11.9 Å². The Kier molecular flexibility index (Phi) is 2.58. The lowest BCUT2D eigenvalue weighted by Crippen LogP contribution is -1.95. The summed E-state index contributed by atoms with van der Waals surface area (Å²) in [6.07, 6.45) is -1.28. The molecular formula is C6H5F2IN2. The maximum Gasteiger partial charge on any atom is 0.280 e. The van der Waals surface area contributed by atoms with Crippen LogP contribution in [0.15, 0.2) is 12.3 Å². The number of alkyl halides is 2. The largest absolute Gasteiger partial charge is 0.397 e. The third-order valence-corrected chi connectivity index (χ3v) is 2.06. The Balaban J connectivity index is 3.05. The molecule has 1 aromatic heterocycles.